The van der Waals surface area contributed by atoms with Crippen molar-refractivity contribution in [3.63, 3.8) is 0 Å². The maximum Gasteiger partial charge on any atom is 0.353 e. The number of benzene rings is 3. The van der Waals surface area contributed by atoms with Crippen LogP contribution >= 0.6 is 0 Å². The first-order valence-electron chi connectivity index (χ1n) is 11.8. The Morgan fingerprint density at radius 2 is 1.61 bits per heavy atom. The molecule has 5 rings (SSSR count). The first-order chi connectivity index (χ1) is 17.5. The Hall–Kier alpha value is -4.33. The van der Waals surface area contributed by atoms with E-state index in [1.807, 2.05) is 60.7 Å². The van der Waals surface area contributed by atoms with Crippen molar-refractivity contribution < 1.29 is 23.9 Å². The minimum absolute atomic E-state index is 0.142. The number of nitrogens with one attached hydrogen (secondary N) is 1. The van der Waals surface area contributed by atoms with Crippen molar-refractivity contribution in [2.75, 3.05) is 31.0 Å². The molecule has 3 aromatic rings. The number of nitrogens with zero attached hydrogens (tertiary/aromatic N) is 2. The van der Waals surface area contributed by atoms with Gasteiger partial charge in [-0.25, -0.2) is 4.79 Å². The summed E-state index contributed by atoms with van der Waals surface area (Å²) in [6.45, 7) is 0.405. The molecule has 1 amide bonds. The Morgan fingerprint density at radius 1 is 0.917 bits per heavy atom. The molecule has 0 saturated heterocycles. The number of ether oxygens (including phenoxy) is 2. The van der Waals surface area contributed by atoms with Crippen molar-refractivity contribution in [3.8, 4) is 0 Å². The predicted octanol–water partition coefficient (Wildman–Crippen LogP) is 3.75. The van der Waals surface area contributed by atoms with E-state index in [1.165, 1.54) is 14.2 Å². The summed E-state index contributed by atoms with van der Waals surface area (Å²) in [5.41, 5.74) is 1.90. The third-order valence-electron chi connectivity index (χ3n) is 6.82. The van der Waals surface area contributed by atoms with Crippen molar-refractivity contribution in [1.29, 1.82) is 0 Å². The highest BCUT2D eigenvalue weighted by Gasteiger charge is 2.58. The summed E-state index contributed by atoms with van der Waals surface area (Å²) in [6, 6.07) is 24.6. The molecule has 2 atom stereocenters. The topological polar surface area (TPSA) is 88.2 Å². The fourth-order valence-corrected chi connectivity index (χ4v) is 5.16. The Labute approximate surface area is 209 Å². The summed E-state index contributed by atoms with van der Waals surface area (Å²) in [5.74, 6) is -1.38. The van der Waals surface area contributed by atoms with E-state index in [-0.39, 0.29) is 12.3 Å². The molecule has 2 aliphatic rings. The highest BCUT2D eigenvalue weighted by atomic mass is 16.5. The third kappa shape index (κ3) is 3.75. The zero-order valence-electron chi connectivity index (χ0n) is 20.1. The number of anilines is 2. The molecule has 0 radical (unpaired) electrons. The van der Waals surface area contributed by atoms with Gasteiger partial charge in [0.05, 0.1) is 31.9 Å². The van der Waals surface area contributed by atoms with Crippen LogP contribution in [0.4, 0.5) is 11.4 Å². The van der Waals surface area contributed by atoms with Gasteiger partial charge in [-0.05, 0) is 30.2 Å². The highest BCUT2D eigenvalue weighted by Crippen LogP contribution is 2.50. The SMILES string of the molecule is COC(=O)CC1(C(=O)OC)Nc2ccccc2C2N(CCc3ccccc3)C(=O)c3ccccc3N21. The van der Waals surface area contributed by atoms with Crippen LogP contribution in [0.5, 0.6) is 0 Å². The fourth-order valence-electron chi connectivity index (χ4n) is 5.16. The largest absolute Gasteiger partial charge is 0.469 e. The molecule has 0 aliphatic carbocycles. The van der Waals surface area contributed by atoms with Gasteiger partial charge in [-0.15, -0.1) is 0 Å². The smallest absolute Gasteiger partial charge is 0.353 e. The van der Waals surface area contributed by atoms with Crippen molar-refractivity contribution in [2.24, 2.45) is 0 Å². The van der Waals surface area contributed by atoms with Gasteiger partial charge in [0, 0.05) is 17.8 Å². The van der Waals surface area contributed by atoms with E-state index in [0.717, 1.165) is 11.1 Å². The average molecular weight is 486 g/mol. The van der Waals surface area contributed by atoms with Gasteiger partial charge in [-0.3, -0.25) is 9.59 Å². The van der Waals surface area contributed by atoms with Gasteiger partial charge in [0.15, 0.2) is 0 Å². The minimum Gasteiger partial charge on any atom is -0.469 e. The first-order valence-corrected chi connectivity index (χ1v) is 11.8. The molecule has 2 unspecified atom stereocenters. The molecule has 2 aliphatic heterocycles. The van der Waals surface area contributed by atoms with Crippen molar-refractivity contribution >= 4 is 29.2 Å². The fraction of sp³-hybridized carbons (Fsp3) is 0.250. The Morgan fingerprint density at radius 3 is 2.36 bits per heavy atom. The number of carbonyl (C=O) groups is 3. The van der Waals surface area contributed by atoms with Gasteiger partial charge in [-0.1, -0.05) is 60.7 Å². The molecule has 0 fully saturated rings. The summed E-state index contributed by atoms with van der Waals surface area (Å²) >= 11 is 0. The van der Waals surface area contributed by atoms with Crippen LogP contribution < -0.4 is 10.2 Å². The quantitative estimate of drug-likeness (QED) is 0.532. The molecular weight excluding hydrogens is 458 g/mol. The van der Waals surface area contributed by atoms with Gasteiger partial charge in [0.1, 0.15) is 6.17 Å². The van der Waals surface area contributed by atoms with Gasteiger partial charge in [0.2, 0.25) is 5.66 Å². The second-order valence-corrected chi connectivity index (χ2v) is 8.81. The van der Waals surface area contributed by atoms with Crippen molar-refractivity contribution in [2.45, 2.75) is 24.7 Å². The molecule has 3 aromatic carbocycles. The molecule has 184 valence electrons. The van der Waals surface area contributed by atoms with Crippen LogP contribution in [-0.2, 0) is 25.5 Å². The Bertz CT molecular complexity index is 1310. The summed E-state index contributed by atoms with van der Waals surface area (Å²) in [4.78, 5) is 43.7. The molecule has 8 heteroatoms. The standard InChI is InChI=1S/C28H27N3O5/c1-35-24(32)18-28(27(34)36-2)29-22-14-8-6-12-20(22)25-30(17-16-19-10-4-3-5-11-19)26(33)21-13-7-9-15-23(21)31(25)28/h3-15,25,29H,16-18H2,1-2H3. The second-order valence-electron chi connectivity index (χ2n) is 8.81. The van der Waals surface area contributed by atoms with E-state index in [0.29, 0.717) is 29.9 Å². The van der Waals surface area contributed by atoms with Crippen molar-refractivity contribution in [3.05, 3.63) is 95.6 Å². The van der Waals surface area contributed by atoms with Gasteiger partial charge < -0.3 is 24.6 Å². The molecule has 0 spiro atoms. The maximum atomic E-state index is 13.9. The molecule has 1 N–H and O–H groups in total. The molecule has 0 bridgehead atoms. The number of carbonyl (C=O) groups excluding carboxylic acids is 3. The molecule has 8 nitrogen and oxygen atoms in total. The number of hydrogen-bond donors (Lipinski definition) is 1. The molecule has 2 heterocycles. The van der Waals surface area contributed by atoms with Gasteiger partial charge >= 0.3 is 11.9 Å². The van der Waals surface area contributed by atoms with Gasteiger partial charge in [0.25, 0.3) is 5.91 Å². The monoisotopic (exact) mass is 485 g/mol. The third-order valence-corrected chi connectivity index (χ3v) is 6.82. The second kappa shape index (κ2) is 9.37. The predicted molar refractivity (Wildman–Crippen MR) is 134 cm³/mol. The summed E-state index contributed by atoms with van der Waals surface area (Å²) < 4.78 is 10.2. The van der Waals surface area contributed by atoms with E-state index in [9.17, 15) is 14.4 Å². The highest BCUT2D eigenvalue weighted by molar-refractivity contribution is 6.05. The number of rotatable bonds is 6. The normalized spacial score (nSPS) is 19.9. The zero-order chi connectivity index (χ0) is 25.3. The van der Waals surface area contributed by atoms with Crippen LogP contribution in [-0.4, -0.2) is 49.2 Å². The van der Waals surface area contributed by atoms with E-state index in [4.69, 9.17) is 9.47 Å². The van der Waals surface area contributed by atoms with Crippen LogP contribution in [0.1, 0.15) is 34.1 Å². The summed E-state index contributed by atoms with van der Waals surface area (Å²) in [7, 11) is 2.56. The lowest BCUT2D eigenvalue weighted by atomic mass is 9.89. The maximum absolute atomic E-state index is 13.9. The lowest BCUT2D eigenvalue weighted by molar-refractivity contribution is -0.153. The van der Waals surface area contributed by atoms with Crippen LogP contribution in [0, 0.1) is 0 Å². The molecule has 0 saturated carbocycles. The molecule has 36 heavy (non-hydrogen) atoms. The van der Waals surface area contributed by atoms with Crippen LogP contribution in [0.2, 0.25) is 0 Å². The minimum atomic E-state index is -1.64. The zero-order valence-corrected chi connectivity index (χ0v) is 20.1. The average Bonchev–Trinajstić information content (AvgIpc) is 2.92. The summed E-state index contributed by atoms with van der Waals surface area (Å²) in [5, 5.41) is 3.29. The van der Waals surface area contributed by atoms with Crippen LogP contribution in [0.25, 0.3) is 0 Å². The van der Waals surface area contributed by atoms with Crippen molar-refractivity contribution in [1.82, 2.24) is 4.90 Å². The number of amides is 1. The lowest BCUT2D eigenvalue weighted by Crippen LogP contribution is -2.69. The molecular formula is C28H27N3O5. The number of fused-ring (bicyclic) bond motifs is 5. The van der Waals surface area contributed by atoms with Crippen LogP contribution in [0.3, 0.4) is 0 Å². The number of methoxy groups -OCH3 is 2. The van der Waals surface area contributed by atoms with Gasteiger partial charge in [-0.2, -0.15) is 0 Å². The van der Waals surface area contributed by atoms with E-state index in [2.05, 4.69) is 5.32 Å². The van der Waals surface area contributed by atoms with E-state index < -0.39 is 23.8 Å². The number of para-hydroxylation sites is 2. The number of esters is 2. The molecule has 0 aromatic heterocycles. The van der Waals surface area contributed by atoms with Crippen LogP contribution in [0.15, 0.2) is 78.9 Å². The Balaban J connectivity index is 1.72. The van der Waals surface area contributed by atoms with E-state index >= 15 is 0 Å². The summed E-state index contributed by atoms with van der Waals surface area (Å²) in [6.07, 6.45) is -0.357. The first kappa shape index (κ1) is 23.4. The number of hydrogen-bond acceptors (Lipinski definition) is 7. The Kier molecular flexibility index (Phi) is 6.10. The lowest BCUT2D eigenvalue weighted by Gasteiger charge is -2.56. The van der Waals surface area contributed by atoms with E-state index in [1.54, 1.807) is 28.0 Å².